The van der Waals surface area contributed by atoms with Crippen molar-refractivity contribution in [1.29, 1.82) is 5.26 Å². The van der Waals surface area contributed by atoms with Crippen molar-refractivity contribution in [1.82, 2.24) is 4.31 Å². The van der Waals surface area contributed by atoms with Gasteiger partial charge in [0.25, 0.3) is 0 Å². The number of nitrogens with two attached hydrogens (primary N) is 1. The normalized spacial score (nSPS) is 15.1. The molecule has 2 N–H and O–H groups in total. The Bertz CT molecular complexity index is 633. The summed E-state index contributed by atoms with van der Waals surface area (Å²) in [6.45, 7) is 0.203. The summed E-state index contributed by atoms with van der Waals surface area (Å²) in [6.07, 6.45) is 1.84. The van der Waals surface area contributed by atoms with Gasteiger partial charge in [0.05, 0.1) is 18.9 Å². The highest BCUT2D eigenvalue weighted by Crippen LogP contribution is 2.34. The molecule has 7 heteroatoms. The number of nitriles is 1. The smallest absolute Gasteiger partial charge is 0.245 e. The largest absolute Gasteiger partial charge is 0.497 e. The summed E-state index contributed by atoms with van der Waals surface area (Å²) in [7, 11) is -2.17. The van der Waals surface area contributed by atoms with Crippen LogP contribution in [0.15, 0.2) is 23.1 Å². The Morgan fingerprint density at radius 1 is 1.50 bits per heavy atom. The highest BCUT2D eigenvalue weighted by molar-refractivity contribution is 7.89. The third-order valence-corrected chi connectivity index (χ3v) is 5.23. The zero-order valence-corrected chi connectivity index (χ0v) is 12.1. The van der Waals surface area contributed by atoms with Gasteiger partial charge < -0.3 is 10.5 Å². The first-order valence-corrected chi connectivity index (χ1v) is 7.77. The third kappa shape index (κ3) is 2.86. The van der Waals surface area contributed by atoms with E-state index in [1.165, 1.54) is 23.5 Å². The van der Waals surface area contributed by atoms with Gasteiger partial charge in [0, 0.05) is 25.1 Å². The number of benzene rings is 1. The number of ether oxygens (including phenoxy) is 1. The van der Waals surface area contributed by atoms with E-state index in [0.29, 0.717) is 5.75 Å². The topological polar surface area (TPSA) is 96.4 Å². The quantitative estimate of drug-likeness (QED) is 0.799. The van der Waals surface area contributed by atoms with Crippen LogP contribution in [-0.4, -0.2) is 32.4 Å². The lowest BCUT2D eigenvalue weighted by Crippen LogP contribution is -2.34. The van der Waals surface area contributed by atoms with Crippen LogP contribution < -0.4 is 10.5 Å². The molecule has 0 bridgehead atoms. The van der Waals surface area contributed by atoms with E-state index in [4.69, 9.17) is 15.7 Å². The number of hydrogen-bond donors (Lipinski definition) is 1. The highest BCUT2D eigenvalue weighted by atomic mass is 32.2. The van der Waals surface area contributed by atoms with E-state index in [2.05, 4.69) is 0 Å². The number of hydrogen-bond acceptors (Lipinski definition) is 5. The molecule has 1 aliphatic carbocycles. The van der Waals surface area contributed by atoms with Gasteiger partial charge in [-0.2, -0.15) is 9.57 Å². The molecule has 0 heterocycles. The first-order valence-electron chi connectivity index (χ1n) is 6.33. The van der Waals surface area contributed by atoms with Crippen molar-refractivity contribution < 1.29 is 13.2 Å². The van der Waals surface area contributed by atoms with Crippen LogP contribution in [0, 0.1) is 11.3 Å². The van der Waals surface area contributed by atoms with Crippen LogP contribution >= 0.6 is 0 Å². The fourth-order valence-corrected chi connectivity index (χ4v) is 3.82. The molecule has 0 aromatic heterocycles. The monoisotopic (exact) mass is 295 g/mol. The molecule has 1 aromatic rings. The van der Waals surface area contributed by atoms with Crippen LogP contribution in [0.25, 0.3) is 0 Å². The second-order valence-corrected chi connectivity index (χ2v) is 6.52. The fraction of sp³-hybridized carbons (Fsp3) is 0.462. The predicted molar refractivity (Wildman–Crippen MR) is 74.6 cm³/mol. The number of rotatable bonds is 6. The number of methoxy groups -OCH3 is 1. The minimum Gasteiger partial charge on any atom is -0.497 e. The van der Waals surface area contributed by atoms with Crippen LogP contribution in [0.3, 0.4) is 0 Å². The molecule has 20 heavy (non-hydrogen) atoms. The molecular formula is C13H17N3O3S. The summed E-state index contributed by atoms with van der Waals surface area (Å²) >= 11 is 0. The van der Waals surface area contributed by atoms with Gasteiger partial charge in [0.1, 0.15) is 10.6 Å². The standard InChI is InChI=1S/C13H17N3O3S/c1-19-11-5-6-13(12(15)9-11)20(17,18)16(8-2-7-14)10-3-4-10/h5-6,9-10H,2-4,8,15H2,1H3. The fourth-order valence-electron chi connectivity index (χ4n) is 2.04. The minimum absolute atomic E-state index is 0.00477. The summed E-state index contributed by atoms with van der Waals surface area (Å²) in [4.78, 5) is 0.0724. The number of nitrogens with zero attached hydrogens (tertiary/aromatic N) is 2. The second-order valence-electron chi connectivity index (χ2n) is 4.66. The Kier molecular flexibility index (Phi) is 4.16. The second kappa shape index (κ2) is 5.69. The van der Waals surface area contributed by atoms with Crippen molar-refractivity contribution in [2.24, 2.45) is 0 Å². The molecule has 0 radical (unpaired) electrons. The Labute approximate surface area is 118 Å². The van der Waals surface area contributed by atoms with E-state index in [9.17, 15) is 8.42 Å². The molecule has 0 aliphatic heterocycles. The maximum atomic E-state index is 12.6. The van der Waals surface area contributed by atoms with Crippen LogP contribution in [0.2, 0.25) is 0 Å². The van der Waals surface area contributed by atoms with Crippen molar-refractivity contribution in [3.8, 4) is 11.8 Å². The number of anilines is 1. The van der Waals surface area contributed by atoms with E-state index in [0.717, 1.165) is 12.8 Å². The molecule has 1 fully saturated rings. The number of sulfonamides is 1. The Hall–Kier alpha value is -1.78. The molecule has 0 amide bonds. The predicted octanol–water partition coefficient (Wildman–Crippen LogP) is 1.34. The highest BCUT2D eigenvalue weighted by Gasteiger charge is 2.38. The van der Waals surface area contributed by atoms with Gasteiger partial charge in [-0.1, -0.05) is 0 Å². The first-order chi connectivity index (χ1) is 9.50. The molecular weight excluding hydrogens is 278 g/mol. The van der Waals surface area contributed by atoms with E-state index in [1.807, 2.05) is 6.07 Å². The molecule has 0 unspecified atom stereocenters. The molecule has 108 valence electrons. The molecule has 1 saturated carbocycles. The molecule has 2 rings (SSSR count). The van der Waals surface area contributed by atoms with Crippen molar-refractivity contribution in [3.05, 3.63) is 18.2 Å². The zero-order chi connectivity index (χ0) is 14.8. The van der Waals surface area contributed by atoms with Gasteiger partial charge in [-0.25, -0.2) is 8.42 Å². The average molecular weight is 295 g/mol. The molecule has 1 aromatic carbocycles. The van der Waals surface area contributed by atoms with Gasteiger partial charge in [0.15, 0.2) is 0 Å². The van der Waals surface area contributed by atoms with Gasteiger partial charge in [-0.15, -0.1) is 0 Å². The molecule has 0 saturated heterocycles. The van der Waals surface area contributed by atoms with E-state index in [-0.39, 0.29) is 29.6 Å². The molecule has 0 atom stereocenters. The van der Waals surface area contributed by atoms with Crippen molar-refractivity contribution in [2.45, 2.75) is 30.2 Å². The van der Waals surface area contributed by atoms with E-state index in [1.54, 1.807) is 6.07 Å². The van der Waals surface area contributed by atoms with Gasteiger partial charge in [-0.3, -0.25) is 0 Å². The summed E-state index contributed by atoms with van der Waals surface area (Å²) in [5.74, 6) is 0.511. The van der Waals surface area contributed by atoms with Crippen molar-refractivity contribution in [2.75, 3.05) is 19.4 Å². The van der Waals surface area contributed by atoms with E-state index >= 15 is 0 Å². The summed E-state index contributed by atoms with van der Waals surface area (Å²) < 4.78 is 31.7. The average Bonchev–Trinajstić information content (AvgIpc) is 3.23. The van der Waals surface area contributed by atoms with E-state index < -0.39 is 10.0 Å². The first kappa shape index (κ1) is 14.6. The Morgan fingerprint density at radius 3 is 2.70 bits per heavy atom. The Balaban J connectivity index is 2.35. The number of nitrogen functional groups attached to an aromatic ring is 1. The van der Waals surface area contributed by atoms with Crippen LogP contribution in [0.4, 0.5) is 5.69 Å². The zero-order valence-electron chi connectivity index (χ0n) is 11.2. The van der Waals surface area contributed by atoms with Crippen LogP contribution in [-0.2, 0) is 10.0 Å². The maximum Gasteiger partial charge on any atom is 0.245 e. The minimum atomic E-state index is -3.66. The van der Waals surface area contributed by atoms with Crippen molar-refractivity contribution in [3.63, 3.8) is 0 Å². The van der Waals surface area contributed by atoms with Crippen LogP contribution in [0.1, 0.15) is 19.3 Å². The summed E-state index contributed by atoms with van der Waals surface area (Å²) in [5, 5.41) is 8.66. The third-order valence-electron chi connectivity index (χ3n) is 3.20. The molecule has 1 aliphatic rings. The summed E-state index contributed by atoms with van der Waals surface area (Å²) in [6, 6.07) is 6.48. The molecule has 6 nitrogen and oxygen atoms in total. The maximum absolute atomic E-state index is 12.6. The van der Waals surface area contributed by atoms with Gasteiger partial charge in [0.2, 0.25) is 10.0 Å². The van der Waals surface area contributed by atoms with Crippen LogP contribution in [0.5, 0.6) is 5.75 Å². The SMILES string of the molecule is COc1ccc(S(=O)(=O)N(CCC#N)C2CC2)c(N)c1. The lowest BCUT2D eigenvalue weighted by atomic mass is 10.3. The van der Waals surface area contributed by atoms with Gasteiger partial charge >= 0.3 is 0 Å². The Morgan fingerprint density at radius 2 is 2.20 bits per heavy atom. The lowest BCUT2D eigenvalue weighted by molar-refractivity contribution is 0.409. The summed E-state index contributed by atoms with van der Waals surface area (Å²) in [5.41, 5.74) is 5.98. The molecule has 0 spiro atoms. The van der Waals surface area contributed by atoms with Gasteiger partial charge in [-0.05, 0) is 25.0 Å². The van der Waals surface area contributed by atoms with Crippen molar-refractivity contribution >= 4 is 15.7 Å². The lowest BCUT2D eigenvalue weighted by Gasteiger charge is -2.21.